The summed E-state index contributed by atoms with van der Waals surface area (Å²) in [5.41, 5.74) is 0.632. The van der Waals surface area contributed by atoms with Crippen LogP contribution < -0.4 is 9.64 Å². The van der Waals surface area contributed by atoms with Crippen LogP contribution in [0.25, 0.3) is 0 Å². The molecule has 1 saturated heterocycles. The fourth-order valence-electron chi connectivity index (χ4n) is 3.48. The number of aromatic nitrogens is 1. The van der Waals surface area contributed by atoms with Crippen molar-refractivity contribution in [3.63, 3.8) is 0 Å². The largest absolute Gasteiger partial charge is 0.472 e. The molecule has 1 aliphatic rings. The number of hydrogen-bond acceptors (Lipinski definition) is 3. The third-order valence-corrected chi connectivity index (χ3v) is 4.99. The molecule has 1 aliphatic heterocycles. The first-order valence-electron chi connectivity index (χ1n) is 9.81. The van der Waals surface area contributed by atoms with E-state index >= 15 is 0 Å². The Balaban J connectivity index is 1.49. The molecule has 0 N–H and O–H groups in total. The number of para-hydroxylation sites is 2. The Morgan fingerprint density at radius 1 is 1.00 bits per heavy atom. The summed E-state index contributed by atoms with van der Waals surface area (Å²) in [5, 5.41) is 0. The standard InChI is InChI=1S/C23H20F3N3O2/c24-23(25,26)17-11-13-27-21(15-17)31-20-12-14-28(16-20)22(30)29(18-7-3-1-4-8-18)19-9-5-2-6-10-19/h1-11,13,15,20H,12,14,16H2. The van der Waals surface area contributed by atoms with Crippen LogP contribution >= 0.6 is 0 Å². The number of urea groups is 1. The Morgan fingerprint density at radius 3 is 2.19 bits per heavy atom. The van der Waals surface area contributed by atoms with E-state index in [1.54, 1.807) is 9.80 Å². The lowest BCUT2D eigenvalue weighted by Gasteiger charge is -2.28. The number of carbonyl (C=O) groups excluding carboxylic acids is 1. The SMILES string of the molecule is O=C(N1CCC(Oc2cc(C(F)(F)F)ccn2)C1)N(c1ccccc1)c1ccccc1. The van der Waals surface area contributed by atoms with Crippen LogP contribution in [0.4, 0.5) is 29.3 Å². The van der Waals surface area contributed by atoms with Crippen molar-refractivity contribution in [3.05, 3.63) is 84.6 Å². The highest BCUT2D eigenvalue weighted by molar-refractivity contribution is 5.99. The number of alkyl halides is 3. The van der Waals surface area contributed by atoms with Gasteiger partial charge in [0.1, 0.15) is 6.10 Å². The van der Waals surface area contributed by atoms with E-state index in [9.17, 15) is 18.0 Å². The third-order valence-electron chi connectivity index (χ3n) is 4.99. The van der Waals surface area contributed by atoms with Crippen molar-refractivity contribution in [2.75, 3.05) is 18.0 Å². The molecule has 8 heteroatoms. The number of halogens is 3. The zero-order chi connectivity index (χ0) is 21.8. The average Bonchev–Trinajstić information content (AvgIpc) is 3.23. The smallest absolute Gasteiger partial charge is 0.416 e. The molecule has 31 heavy (non-hydrogen) atoms. The lowest BCUT2D eigenvalue weighted by atomic mass is 10.2. The van der Waals surface area contributed by atoms with Crippen LogP contribution in [-0.2, 0) is 6.18 Å². The molecule has 2 aromatic carbocycles. The molecule has 1 fully saturated rings. The van der Waals surface area contributed by atoms with Gasteiger partial charge >= 0.3 is 12.2 Å². The highest BCUT2D eigenvalue weighted by Crippen LogP contribution is 2.32. The van der Waals surface area contributed by atoms with Gasteiger partial charge in [-0.05, 0) is 30.3 Å². The fraction of sp³-hybridized carbons (Fsp3) is 0.217. The van der Waals surface area contributed by atoms with Gasteiger partial charge in [-0.2, -0.15) is 13.2 Å². The van der Waals surface area contributed by atoms with Crippen LogP contribution in [0, 0.1) is 0 Å². The minimum Gasteiger partial charge on any atom is -0.472 e. The predicted molar refractivity (Wildman–Crippen MR) is 110 cm³/mol. The lowest BCUT2D eigenvalue weighted by molar-refractivity contribution is -0.137. The molecule has 5 nitrogen and oxygen atoms in total. The van der Waals surface area contributed by atoms with Crippen molar-refractivity contribution in [3.8, 4) is 5.88 Å². The van der Waals surface area contributed by atoms with E-state index in [-0.39, 0.29) is 18.5 Å². The second-order valence-corrected chi connectivity index (χ2v) is 7.14. The van der Waals surface area contributed by atoms with Crippen molar-refractivity contribution in [1.82, 2.24) is 9.88 Å². The average molecular weight is 427 g/mol. The maximum absolute atomic E-state index is 13.4. The first-order valence-corrected chi connectivity index (χ1v) is 9.81. The summed E-state index contributed by atoms with van der Waals surface area (Å²) in [6, 6.07) is 20.1. The number of amides is 2. The van der Waals surface area contributed by atoms with Crippen molar-refractivity contribution >= 4 is 17.4 Å². The van der Waals surface area contributed by atoms with E-state index < -0.39 is 17.8 Å². The highest BCUT2D eigenvalue weighted by Gasteiger charge is 2.34. The van der Waals surface area contributed by atoms with Gasteiger partial charge in [-0.25, -0.2) is 9.78 Å². The summed E-state index contributed by atoms with van der Waals surface area (Å²) in [6.07, 6.45) is -3.33. The van der Waals surface area contributed by atoms with Crippen LogP contribution in [0.1, 0.15) is 12.0 Å². The molecule has 1 aromatic heterocycles. The van der Waals surface area contributed by atoms with Crippen LogP contribution in [0.15, 0.2) is 79.0 Å². The van der Waals surface area contributed by atoms with Gasteiger partial charge in [-0.1, -0.05) is 36.4 Å². The van der Waals surface area contributed by atoms with Gasteiger partial charge in [0, 0.05) is 25.2 Å². The molecule has 1 unspecified atom stereocenters. The number of anilines is 2. The fourth-order valence-corrected chi connectivity index (χ4v) is 3.48. The molecule has 0 bridgehead atoms. The molecule has 2 amide bonds. The minimum atomic E-state index is -4.47. The topological polar surface area (TPSA) is 45.7 Å². The molecule has 3 aromatic rings. The number of nitrogens with zero attached hydrogens (tertiary/aromatic N) is 3. The Bertz CT molecular complexity index is 989. The van der Waals surface area contributed by atoms with Gasteiger partial charge in [0.05, 0.1) is 23.5 Å². The molecular formula is C23H20F3N3O2. The molecule has 0 saturated carbocycles. The lowest BCUT2D eigenvalue weighted by Crippen LogP contribution is -2.40. The summed E-state index contributed by atoms with van der Waals surface area (Å²) >= 11 is 0. The minimum absolute atomic E-state index is 0.0999. The van der Waals surface area contributed by atoms with Gasteiger partial charge in [-0.3, -0.25) is 4.90 Å². The highest BCUT2D eigenvalue weighted by atomic mass is 19.4. The van der Waals surface area contributed by atoms with Crippen molar-refractivity contribution in [2.24, 2.45) is 0 Å². The number of carbonyl (C=O) groups is 1. The monoisotopic (exact) mass is 427 g/mol. The molecule has 160 valence electrons. The summed E-state index contributed by atoms with van der Waals surface area (Å²) in [4.78, 5) is 20.5. The summed E-state index contributed by atoms with van der Waals surface area (Å²) in [7, 11) is 0. The first kappa shape index (κ1) is 20.7. The Labute approximate surface area is 177 Å². The Kier molecular flexibility index (Phi) is 5.79. The second-order valence-electron chi connectivity index (χ2n) is 7.14. The first-order chi connectivity index (χ1) is 14.9. The number of pyridine rings is 1. The van der Waals surface area contributed by atoms with Gasteiger partial charge in [-0.15, -0.1) is 0 Å². The van der Waals surface area contributed by atoms with Gasteiger partial charge in [0.25, 0.3) is 0 Å². The van der Waals surface area contributed by atoms with E-state index in [1.165, 1.54) is 0 Å². The number of benzene rings is 2. The summed E-state index contributed by atoms with van der Waals surface area (Å²) in [6.45, 7) is 0.686. The number of hydrogen-bond donors (Lipinski definition) is 0. The number of ether oxygens (including phenoxy) is 1. The van der Waals surface area contributed by atoms with Crippen LogP contribution in [0.5, 0.6) is 5.88 Å². The third kappa shape index (κ3) is 4.79. The predicted octanol–water partition coefficient (Wildman–Crippen LogP) is 5.51. The number of likely N-dealkylation sites (tertiary alicyclic amines) is 1. The van der Waals surface area contributed by atoms with Crippen LogP contribution in [0.3, 0.4) is 0 Å². The maximum Gasteiger partial charge on any atom is 0.416 e. The number of rotatable bonds is 4. The molecule has 2 heterocycles. The maximum atomic E-state index is 13.4. The van der Waals surface area contributed by atoms with Gasteiger partial charge < -0.3 is 9.64 Å². The molecule has 4 rings (SSSR count). The van der Waals surface area contributed by atoms with Crippen molar-refractivity contribution in [1.29, 1.82) is 0 Å². The van der Waals surface area contributed by atoms with E-state index in [4.69, 9.17) is 4.74 Å². The van der Waals surface area contributed by atoms with Crippen LogP contribution in [-0.4, -0.2) is 35.1 Å². The van der Waals surface area contributed by atoms with E-state index in [0.29, 0.717) is 13.0 Å². The van der Waals surface area contributed by atoms with Gasteiger partial charge in [0.15, 0.2) is 0 Å². The quantitative estimate of drug-likeness (QED) is 0.551. The second kappa shape index (κ2) is 8.67. The normalized spacial score (nSPS) is 16.2. The molecule has 0 radical (unpaired) electrons. The van der Waals surface area contributed by atoms with Crippen molar-refractivity contribution < 1.29 is 22.7 Å². The molecule has 0 aliphatic carbocycles. The van der Waals surface area contributed by atoms with E-state index in [2.05, 4.69) is 4.98 Å². The zero-order valence-corrected chi connectivity index (χ0v) is 16.5. The summed E-state index contributed by atoms with van der Waals surface area (Å²) in [5.74, 6) is -0.0999. The van der Waals surface area contributed by atoms with Gasteiger partial charge in [0.2, 0.25) is 5.88 Å². The van der Waals surface area contributed by atoms with E-state index in [0.717, 1.165) is 29.7 Å². The molecule has 0 spiro atoms. The molecular weight excluding hydrogens is 407 g/mol. The zero-order valence-electron chi connectivity index (χ0n) is 16.5. The summed E-state index contributed by atoms with van der Waals surface area (Å²) < 4.78 is 44.4. The van der Waals surface area contributed by atoms with E-state index in [1.807, 2.05) is 60.7 Å². The Morgan fingerprint density at radius 2 is 1.61 bits per heavy atom. The Hall–Kier alpha value is -3.55. The van der Waals surface area contributed by atoms with Crippen LogP contribution in [0.2, 0.25) is 0 Å². The molecule has 1 atom stereocenters. The van der Waals surface area contributed by atoms with Crippen molar-refractivity contribution in [2.45, 2.75) is 18.7 Å².